The Morgan fingerprint density at radius 1 is 0.875 bits per heavy atom. The van der Waals surface area contributed by atoms with Gasteiger partial charge >= 0.3 is 8.56 Å². The zero-order chi connectivity index (χ0) is 24.2. The molecule has 0 aliphatic carbocycles. The average Bonchev–Trinajstić information content (AvgIpc) is 2.66. The minimum absolute atomic E-state index is 0.00111. The molecule has 2 aromatic carbocycles. The van der Waals surface area contributed by atoms with Crippen molar-refractivity contribution < 1.29 is 22.9 Å². The zero-order valence-corrected chi connectivity index (χ0v) is 23.7. The fourth-order valence-electron chi connectivity index (χ4n) is 3.98. The Labute approximate surface area is 196 Å². The van der Waals surface area contributed by atoms with Crippen molar-refractivity contribution in [2.45, 2.75) is 64.7 Å². The maximum Gasteiger partial charge on any atom is 0.314 e. The number of carbonyl (C=O) groups is 1. The molecular formula is C24H38O5Si3. The largest absolute Gasteiger partial charge is 0.507 e. The Hall–Kier alpha value is -1.72. The third-order valence-electron chi connectivity index (χ3n) is 4.84. The van der Waals surface area contributed by atoms with Gasteiger partial charge in [0, 0.05) is 11.1 Å². The lowest BCUT2D eigenvalue weighted by Crippen LogP contribution is -2.52. The molecule has 0 heterocycles. The Morgan fingerprint density at radius 2 is 1.44 bits per heavy atom. The highest BCUT2D eigenvalue weighted by atomic mass is 28.5. The molecule has 0 bridgehead atoms. The lowest BCUT2D eigenvalue weighted by Gasteiger charge is -2.38. The van der Waals surface area contributed by atoms with E-state index in [0.717, 1.165) is 12.5 Å². The van der Waals surface area contributed by atoms with Gasteiger partial charge in [-0.2, -0.15) is 0 Å². The predicted octanol–water partition coefficient (Wildman–Crippen LogP) is 6.34. The quantitative estimate of drug-likeness (QED) is 0.294. The molecule has 0 aliphatic rings. The van der Waals surface area contributed by atoms with Crippen LogP contribution in [0.4, 0.5) is 0 Å². The van der Waals surface area contributed by atoms with E-state index < -0.39 is 25.2 Å². The molecule has 0 spiro atoms. The number of phenolic OH excluding ortho intramolecular Hbond substituents is 1. The van der Waals surface area contributed by atoms with Gasteiger partial charge in [0.05, 0.1) is 12.7 Å². The predicted molar refractivity (Wildman–Crippen MR) is 138 cm³/mol. The summed E-state index contributed by atoms with van der Waals surface area (Å²) in [7, 11) is -4.33. The van der Waals surface area contributed by atoms with E-state index in [-0.39, 0.29) is 11.5 Å². The van der Waals surface area contributed by atoms with Crippen molar-refractivity contribution in [3.8, 4) is 11.5 Å². The first-order valence-electron chi connectivity index (χ1n) is 11.1. The minimum Gasteiger partial charge on any atom is -0.507 e. The smallest absolute Gasteiger partial charge is 0.314 e. The second-order valence-corrected chi connectivity index (χ2v) is 23.1. The first kappa shape index (κ1) is 26.5. The molecule has 1 N–H and O–H groups in total. The number of rotatable bonds is 11. The van der Waals surface area contributed by atoms with Crippen LogP contribution < -0.4 is 4.74 Å². The molecule has 0 aliphatic heterocycles. The monoisotopic (exact) mass is 490 g/mol. The van der Waals surface area contributed by atoms with Gasteiger partial charge < -0.3 is 18.1 Å². The summed E-state index contributed by atoms with van der Waals surface area (Å²) in [5.74, 6) is 0.391. The van der Waals surface area contributed by atoms with Gasteiger partial charge in [-0.1, -0.05) is 30.3 Å². The second-order valence-electron chi connectivity index (χ2n) is 10.3. The third-order valence-corrected chi connectivity index (χ3v) is 14.5. The van der Waals surface area contributed by atoms with Crippen molar-refractivity contribution >= 4 is 31.0 Å². The van der Waals surface area contributed by atoms with Crippen LogP contribution in [-0.2, 0) is 14.7 Å². The average molecular weight is 491 g/mol. The van der Waals surface area contributed by atoms with E-state index in [1.165, 1.54) is 0 Å². The molecule has 0 aromatic heterocycles. The summed E-state index contributed by atoms with van der Waals surface area (Å²) in [6.07, 6.45) is 1.36. The van der Waals surface area contributed by atoms with E-state index >= 15 is 0 Å². The van der Waals surface area contributed by atoms with E-state index in [4.69, 9.17) is 13.0 Å². The Bertz CT molecular complexity index is 902. The van der Waals surface area contributed by atoms with Crippen molar-refractivity contribution in [1.29, 1.82) is 0 Å². The van der Waals surface area contributed by atoms with Crippen molar-refractivity contribution in [2.24, 2.45) is 0 Å². The highest BCUT2D eigenvalue weighted by Crippen LogP contribution is 2.35. The normalized spacial score (nSPS) is 12.6. The molecule has 32 heavy (non-hydrogen) atoms. The van der Waals surface area contributed by atoms with Crippen LogP contribution in [0.3, 0.4) is 0 Å². The number of hydrogen-bond acceptors (Lipinski definition) is 5. The number of phenols is 1. The first-order valence-corrected chi connectivity index (χ1v) is 20.5. The first-order chi connectivity index (χ1) is 14.7. The third kappa shape index (κ3) is 7.70. The van der Waals surface area contributed by atoms with Crippen molar-refractivity contribution in [1.82, 2.24) is 0 Å². The van der Waals surface area contributed by atoms with Gasteiger partial charge in [0.1, 0.15) is 11.5 Å². The van der Waals surface area contributed by atoms with Gasteiger partial charge in [-0.3, -0.25) is 4.79 Å². The summed E-state index contributed by atoms with van der Waals surface area (Å²) in [5, 5.41) is 11.0. The number of hydrogen-bond donors (Lipinski definition) is 1. The van der Waals surface area contributed by atoms with Gasteiger partial charge in [0.2, 0.25) is 0 Å². The number of carbonyl (C=O) groups excluding carboxylic acids is 1. The van der Waals surface area contributed by atoms with Crippen LogP contribution >= 0.6 is 0 Å². The summed E-state index contributed by atoms with van der Waals surface area (Å²) in [5.41, 5.74) is 1.50. The second kappa shape index (κ2) is 10.5. The van der Waals surface area contributed by atoms with E-state index in [1.807, 2.05) is 18.2 Å². The highest BCUT2D eigenvalue weighted by Gasteiger charge is 2.39. The molecular weight excluding hydrogens is 453 g/mol. The van der Waals surface area contributed by atoms with Crippen molar-refractivity contribution in [3.63, 3.8) is 0 Å². The van der Waals surface area contributed by atoms with Crippen LogP contribution in [0.15, 0.2) is 42.5 Å². The van der Waals surface area contributed by atoms with Crippen molar-refractivity contribution in [3.05, 3.63) is 59.2 Å². The van der Waals surface area contributed by atoms with Gasteiger partial charge in [-0.05, 0) is 76.8 Å². The van der Waals surface area contributed by atoms with Crippen LogP contribution in [-0.4, -0.2) is 43.2 Å². The maximum atomic E-state index is 12.9. The van der Waals surface area contributed by atoms with Gasteiger partial charge in [0.25, 0.3) is 0 Å². The standard InChI is InChI=1S/C24H38O5Si3/c1-27-22-17-16-21(23(25)19-13-10-9-11-14-19)24(26)20(22)15-12-18-32(8,28-30(2,3)4)29-31(5,6)7/h9-11,13-14,16-17,26H,12,15,18H2,1-8H3. The summed E-state index contributed by atoms with van der Waals surface area (Å²) in [6, 6.07) is 13.2. The van der Waals surface area contributed by atoms with Crippen LogP contribution in [0.2, 0.25) is 51.9 Å². The summed E-state index contributed by atoms with van der Waals surface area (Å²) < 4.78 is 18.7. The van der Waals surface area contributed by atoms with E-state index in [9.17, 15) is 9.90 Å². The molecule has 176 valence electrons. The maximum absolute atomic E-state index is 12.9. The highest BCUT2D eigenvalue weighted by molar-refractivity contribution is 6.87. The molecule has 0 saturated carbocycles. The lowest BCUT2D eigenvalue weighted by molar-refractivity contribution is 0.103. The molecule has 5 nitrogen and oxygen atoms in total. The number of aromatic hydroxyl groups is 1. The Kier molecular flexibility index (Phi) is 8.69. The molecule has 8 heteroatoms. The van der Waals surface area contributed by atoms with Gasteiger partial charge in [-0.25, -0.2) is 0 Å². The Morgan fingerprint density at radius 3 is 1.94 bits per heavy atom. The summed E-state index contributed by atoms with van der Waals surface area (Å²) in [6.45, 7) is 15.3. The van der Waals surface area contributed by atoms with Crippen molar-refractivity contribution in [2.75, 3.05) is 7.11 Å². The topological polar surface area (TPSA) is 65.0 Å². The van der Waals surface area contributed by atoms with E-state index in [1.54, 1.807) is 31.4 Å². The number of ketones is 1. The molecule has 0 amide bonds. The lowest BCUT2D eigenvalue weighted by atomic mass is 9.97. The molecule has 2 aromatic rings. The molecule has 2 rings (SSSR count). The zero-order valence-electron chi connectivity index (χ0n) is 20.7. The van der Waals surface area contributed by atoms with Crippen LogP contribution in [0.1, 0.15) is 27.9 Å². The Balaban J connectivity index is 2.26. The summed E-state index contributed by atoms with van der Waals surface area (Å²) >= 11 is 0. The fraction of sp³-hybridized carbons (Fsp3) is 0.458. The number of ether oxygens (including phenoxy) is 1. The van der Waals surface area contributed by atoms with E-state index in [2.05, 4.69) is 45.8 Å². The van der Waals surface area contributed by atoms with Gasteiger partial charge in [0.15, 0.2) is 22.4 Å². The van der Waals surface area contributed by atoms with Gasteiger partial charge in [-0.15, -0.1) is 0 Å². The van der Waals surface area contributed by atoms with Crippen LogP contribution in [0.5, 0.6) is 11.5 Å². The van der Waals surface area contributed by atoms with Crippen LogP contribution in [0.25, 0.3) is 0 Å². The molecule has 0 atom stereocenters. The number of benzene rings is 2. The minimum atomic E-state index is -2.37. The summed E-state index contributed by atoms with van der Waals surface area (Å²) in [4.78, 5) is 12.9. The molecule has 0 saturated heterocycles. The SMILES string of the molecule is COc1ccc(C(=O)c2ccccc2)c(O)c1CCC[Si](C)(O[Si](C)(C)C)O[Si](C)(C)C. The molecule has 0 unspecified atom stereocenters. The molecule has 0 fully saturated rings. The van der Waals surface area contributed by atoms with E-state index in [0.29, 0.717) is 28.9 Å². The fourth-order valence-corrected chi connectivity index (χ4v) is 16.5. The van der Waals surface area contributed by atoms with Crippen LogP contribution in [0, 0.1) is 0 Å². The molecule has 0 radical (unpaired) electrons. The number of methoxy groups -OCH3 is 1.